The number of hydrogen-bond donors (Lipinski definition) is 1. The summed E-state index contributed by atoms with van der Waals surface area (Å²) in [5.74, 6) is -0.376. The standard InChI is InChI=1S/C21H37NO3/c1-2-3-4-5-6-7-8-9-10-11-12-13-14-15-18-25-21(24)19-16-17-20(23)22-19/h14-15,19H,2-13,16-18H2,1H3,(H,22,23)/b15-14+/t19-/m0/s1. The number of allylic oxidation sites excluding steroid dienone is 1. The Bertz CT molecular complexity index is 393. The first-order chi connectivity index (χ1) is 12.2. The molecule has 0 saturated carbocycles. The third-order valence-electron chi connectivity index (χ3n) is 4.74. The maximum absolute atomic E-state index is 11.7. The fraction of sp³-hybridized carbons (Fsp3) is 0.810. The number of unbranched alkanes of at least 4 members (excludes halogenated alkanes) is 11. The Kier molecular flexibility index (Phi) is 13.0. The van der Waals surface area contributed by atoms with E-state index in [1.807, 2.05) is 6.08 Å². The molecule has 1 saturated heterocycles. The maximum atomic E-state index is 11.7. The van der Waals surface area contributed by atoms with E-state index in [1.165, 1.54) is 70.6 Å². The van der Waals surface area contributed by atoms with Gasteiger partial charge in [0.1, 0.15) is 12.6 Å². The van der Waals surface area contributed by atoms with E-state index in [2.05, 4.69) is 18.3 Å². The van der Waals surface area contributed by atoms with Crippen LogP contribution in [0.2, 0.25) is 0 Å². The van der Waals surface area contributed by atoms with Crippen LogP contribution in [-0.4, -0.2) is 24.5 Å². The lowest BCUT2D eigenvalue weighted by Crippen LogP contribution is -2.34. The molecule has 1 N–H and O–H groups in total. The second-order valence-corrected chi connectivity index (χ2v) is 7.08. The highest BCUT2D eigenvalue weighted by molar-refractivity contribution is 5.88. The average Bonchev–Trinajstić information content (AvgIpc) is 3.04. The molecular weight excluding hydrogens is 314 g/mol. The van der Waals surface area contributed by atoms with E-state index in [-0.39, 0.29) is 11.9 Å². The summed E-state index contributed by atoms with van der Waals surface area (Å²) in [7, 11) is 0. The molecule has 1 rings (SSSR count). The molecule has 0 aliphatic carbocycles. The minimum atomic E-state index is -0.437. The lowest BCUT2D eigenvalue weighted by atomic mass is 10.1. The molecule has 25 heavy (non-hydrogen) atoms. The number of carbonyl (C=O) groups excluding carboxylic acids is 2. The third kappa shape index (κ3) is 11.8. The third-order valence-corrected chi connectivity index (χ3v) is 4.74. The molecule has 1 fully saturated rings. The molecule has 4 heteroatoms. The number of esters is 1. The van der Waals surface area contributed by atoms with Crippen LogP contribution in [0.3, 0.4) is 0 Å². The maximum Gasteiger partial charge on any atom is 0.328 e. The molecule has 0 bridgehead atoms. The number of rotatable bonds is 15. The summed E-state index contributed by atoms with van der Waals surface area (Å²) in [6.45, 7) is 2.57. The van der Waals surface area contributed by atoms with Gasteiger partial charge >= 0.3 is 5.97 Å². The van der Waals surface area contributed by atoms with Crippen molar-refractivity contribution >= 4 is 11.9 Å². The normalized spacial score (nSPS) is 17.2. The zero-order chi connectivity index (χ0) is 18.2. The number of hydrogen-bond acceptors (Lipinski definition) is 3. The van der Waals surface area contributed by atoms with Crippen molar-refractivity contribution in [1.29, 1.82) is 0 Å². The van der Waals surface area contributed by atoms with E-state index in [0.717, 1.165) is 6.42 Å². The smallest absolute Gasteiger partial charge is 0.328 e. The molecule has 1 aliphatic rings. The molecule has 144 valence electrons. The Labute approximate surface area is 153 Å². The molecule has 0 aromatic rings. The van der Waals surface area contributed by atoms with Crippen molar-refractivity contribution in [3.05, 3.63) is 12.2 Å². The van der Waals surface area contributed by atoms with Crippen LogP contribution in [-0.2, 0) is 14.3 Å². The van der Waals surface area contributed by atoms with Crippen molar-refractivity contribution in [2.24, 2.45) is 0 Å². The van der Waals surface area contributed by atoms with Crippen molar-refractivity contribution in [3.8, 4) is 0 Å². The predicted octanol–water partition coefficient (Wildman–Crippen LogP) is 5.07. The first-order valence-corrected chi connectivity index (χ1v) is 10.3. The van der Waals surface area contributed by atoms with Crippen LogP contribution in [0.5, 0.6) is 0 Å². The van der Waals surface area contributed by atoms with E-state index in [1.54, 1.807) is 0 Å². The molecule has 0 unspecified atom stereocenters. The van der Waals surface area contributed by atoms with E-state index in [0.29, 0.717) is 19.4 Å². The lowest BCUT2D eigenvalue weighted by Gasteiger charge is -2.08. The van der Waals surface area contributed by atoms with E-state index in [9.17, 15) is 9.59 Å². The summed E-state index contributed by atoms with van der Waals surface area (Å²) >= 11 is 0. The van der Waals surface area contributed by atoms with Crippen molar-refractivity contribution in [3.63, 3.8) is 0 Å². The number of carbonyl (C=O) groups is 2. The molecule has 0 aromatic carbocycles. The fourth-order valence-corrected chi connectivity index (χ4v) is 3.13. The van der Waals surface area contributed by atoms with Gasteiger partial charge in [-0.3, -0.25) is 4.79 Å². The SMILES string of the molecule is CCCCCCCCCCCCC/C=C/COC(=O)[C@@H]1CCC(=O)N1. The zero-order valence-corrected chi connectivity index (χ0v) is 16.1. The highest BCUT2D eigenvalue weighted by Crippen LogP contribution is 2.12. The summed E-state index contributed by atoms with van der Waals surface area (Å²) in [6, 6.07) is -0.437. The van der Waals surface area contributed by atoms with E-state index >= 15 is 0 Å². The Hall–Kier alpha value is -1.32. The second kappa shape index (κ2) is 15.0. The Morgan fingerprint density at radius 1 is 1.00 bits per heavy atom. The molecule has 1 heterocycles. The minimum absolute atomic E-state index is 0.0611. The van der Waals surface area contributed by atoms with Gasteiger partial charge in [-0.15, -0.1) is 0 Å². The van der Waals surface area contributed by atoms with Crippen LogP contribution in [0.25, 0.3) is 0 Å². The zero-order valence-electron chi connectivity index (χ0n) is 16.1. The molecule has 1 aliphatic heterocycles. The van der Waals surface area contributed by atoms with Gasteiger partial charge < -0.3 is 10.1 Å². The predicted molar refractivity (Wildman–Crippen MR) is 102 cm³/mol. The number of amides is 1. The Balaban J connectivity index is 1.81. The lowest BCUT2D eigenvalue weighted by molar-refractivity contribution is -0.145. The summed E-state index contributed by atoms with van der Waals surface area (Å²) in [4.78, 5) is 22.7. The van der Waals surface area contributed by atoms with Gasteiger partial charge in [-0.25, -0.2) is 4.79 Å². The molecule has 4 nitrogen and oxygen atoms in total. The van der Waals surface area contributed by atoms with Crippen LogP contribution < -0.4 is 5.32 Å². The van der Waals surface area contributed by atoms with E-state index < -0.39 is 6.04 Å². The number of ether oxygens (including phenoxy) is 1. The van der Waals surface area contributed by atoms with Crippen molar-refractivity contribution < 1.29 is 14.3 Å². The van der Waals surface area contributed by atoms with Gasteiger partial charge in [0.15, 0.2) is 0 Å². The van der Waals surface area contributed by atoms with Crippen molar-refractivity contribution in [2.45, 2.75) is 103 Å². The Morgan fingerprint density at radius 3 is 2.16 bits per heavy atom. The first kappa shape index (κ1) is 21.7. The van der Waals surface area contributed by atoms with Gasteiger partial charge in [-0.1, -0.05) is 83.3 Å². The van der Waals surface area contributed by atoms with Gasteiger partial charge in [-0.05, 0) is 19.3 Å². The molecular formula is C21H37NO3. The van der Waals surface area contributed by atoms with Crippen LogP contribution in [0.1, 0.15) is 96.8 Å². The van der Waals surface area contributed by atoms with Crippen LogP contribution in [0.4, 0.5) is 0 Å². The largest absolute Gasteiger partial charge is 0.460 e. The van der Waals surface area contributed by atoms with Crippen LogP contribution in [0.15, 0.2) is 12.2 Å². The molecule has 0 aromatic heterocycles. The minimum Gasteiger partial charge on any atom is -0.460 e. The van der Waals surface area contributed by atoms with Gasteiger partial charge in [0, 0.05) is 6.42 Å². The molecule has 0 radical (unpaired) electrons. The molecule has 1 atom stereocenters. The molecule has 1 amide bonds. The van der Waals surface area contributed by atoms with Crippen LogP contribution >= 0.6 is 0 Å². The van der Waals surface area contributed by atoms with Gasteiger partial charge in [0.2, 0.25) is 5.91 Å². The fourth-order valence-electron chi connectivity index (χ4n) is 3.13. The monoisotopic (exact) mass is 351 g/mol. The summed E-state index contributed by atoms with van der Waals surface area (Å²) in [5, 5.41) is 2.62. The quantitative estimate of drug-likeness (QED) is 0.255. The Morgan fingerprint density at radius 2 is 1.60 bits per heavy atom. The summed E-state index contributed by atoms with van der Waals surface area (Å²) < 4.78 is 5.14. The summed E-state index contributed by atoms with van der Waals surface area (Å²) in [5.41, 5.74) is 0. The van der Waals surface area contributed by atoms with Crippen molar-refractivity contribution in [1.82, 2.24) is 5.32 Å². The highest BCUT2D eigenvalue weighted by atomic mass is 16.5. The summed E-state index contributed by atoms with van der Waals surface area (Å²) in [6.07, 6.45) is 21.0. The van der Waals surface area contributed by atoms with Gasteiger partial charge in [0.25, 0.3) is 0 Å². The van der Waals surface area contributed by atoms with Gasteiger partial charge in [0.05, 0.1) is 0 Å². The van der Waals surface area contributed by atoms with Crippen LogP contribution in [0, 0.1) is 0 Å². The molecule has 0 spiro atoms. The number of nitrogens with one attached hydrogen (secondary N) is 1. The topological polar surface area (TPSA) is 55.4 Å². The van der Waals surface area contributed by atoms with E-state index in [4.69, 9.17) is 4.74 Å². The van der Waals surface area contributed by atoms with Gasteiger partial charge in [-0.2, -0.15) is 0 Å². The average molecular weight is 352 g/mol. The highest BCUT2D eigenvalue weighted by Gasteiger charge is 2.27. The first-order valence-electron chi connectivity index (χ1n) is 10.3. The second-order valence-electron chi connectivity index (χ2n) is 7.08. The van der Waals surface area contributed by atoms with Crippen molar-refractivity contribution in [2.75, 3.05) is 6.61 Å².